The van der Waals surface area contributed by atoms with Crippen molar-refractivity contribution in [3.8, 4) is 5.75 Å². The predicted octanol–water partition coefficient (Wildman–Crippen LogP) is 4.68. The number of rotatable bonds is 8. The van der Waals surface area contributed by atoms with Crippen molar-refractivity contribution in [2.24, 2.45) is 0 Å². The number of hydrogen-bond donors (Lipinski definition) is 1. The predicted molar refractivity (Wildman–Crippen MR) is 103 cm³/mol. The second-order valence-corrected chi connectivity index (χ2v) is 8.43. The van der Waals surface area contributed by atoms with Crippen molar-refractivity contribution in [1.29, 1.82) is 0 Å². The molecule has 4 heteroatoms. The van der Waals surface area contributed by atoms with Crippen molar-refractivity contribution < 1.29 is 9.53 Å². The summed E-state index contributed by atoms with van der Waals surface area (Å²) in [4.78, 5) is 12.3. The van der Waals surface area contributed by atoms with Gasteiger partial charge in [0.05, 0.1) is 0 Å². The molecule has 1 aliphatic rings. The Morgan fingerprint density at radius 1 is 1.29 bits per heavy atom. The number of carbonyl (C=O) groups is 1. The molecule has 1 aromatic rings. The third-order valence-electron chi connectivity index (χ3n) is 4.52. The summed E-state index contributed by atoms with van der Waals surface area (Å²) in [6.45, 7) is 8.87. The van der Waals surface area contributed by atoms with Gasteiger partial charge < -0.3 is 10.1 Å². The fraction of sp³-hybridized carbons (Fsp3) is 0.650. The van der Waals surface area contributed by atoms with Gasteiger partial charge in [-0.2, -0.15) is 11.8 Å². The highest BCUT2D eigenvalue weighted by Crippen LogP contribution is 2.29. The van der Waals surface area contributed by atoms with Crippen LogP contribution in [0, 0.1) is 6.92 Å². The summed E-state index contributed by atoms with van der Waals surface area (Å²) in [7, 11) is 0. The highest BCUT2D eigenvalue weighted by atomic mass is 32.2. The first kappa shape index (κ1) is 19.2. The number of benzene rings is 1. The molecule has 0 heterocycles. The Hall–Kier alpha value is -1.16. The smallest absolute Gasteiger partial charge is 0.260 e. The summed E-state index contributed by atoms with van der Waals surface area (Å²) >= 11 is 1.99. The summed E-state index contributed by atoms with van der Waals surface area (Å²) in [6, 6.07) is 6.21. The summed E-state index contributed by atoms with van der Waals surface area (Å²) in [5.41, 5.74) is 2.30. The monoisotopic (exact) mass is 349 g/mol. The zero-order chi connectivity index (χ0) is 17.5. The molecule has 0 saturated heterocycles. The van der Waals surface area contributed by atoms with Crippen LogP contribution in [0.3, 0.4) is 0 Å². The molecule has 1 aromatic carbocycles. The van der Waals surface area contributed by atoms with Gasteiger partial charge in [-0.05, 0) is 49.8 Å². The van der Waals surface area contributed by atoms with E-state index in [0.717, 1.165) is 34.4 Å². The second kappa shape index (κ2) is 9.36. The van der Waals surface area contributed by atoms with E-state index >= 15 is 0 Å². The molecule has 1 aliphatic carbocycles. The van der Waals surface area contributed by atoms with E-state index < -0.39 is 6.10 Å². The average Bonchev–Trinajstić information content (AvgIpc) is 3.04. The Balaban J connectivity index is 1.79. The number of ether oxygens (including phenoxy) is 1. The summed E-state index contributed by atoms with van der Waals surface area (Å²) in [6.07, 6.45) is 4.93. The fourth-order valence-corrected chi connectivity index (χ4v) is 4.28. The number of thioether (sulfide) groups is 1. The zero-order valence-electron chi connectivity index (χ0n) is 15.4. The van der Waals surface area contributed by atoms with Gasteiger partial charge in [-0.3, -0.25) is 4.79 Å². The van der Waals surface area contributed by atoms with E-state index in [1.165, 1.54) is 25.7 Å². The van der Waals surface area contributed by atoms with Crippen molar-refractivity contribution in [2.45, 2.75) is 70.7 Å². The van der Waals surface area contributed by atoms with Crippen LogP contribution in [-0.2, 0) is 4.79 Å². The van der Waals surface area contributed by atoms with E-state index in [1.54, 1.807) is 0 Å². The van der Waals surface area contributed by atoms with E-state index in [4.69, 9.17) is 4.74 Å². The van der Waals surface area contributed by atoms with Gasteiger partial charge in [0.1, 0.15) is 5.75 Å². The maximum Gasteiger partial charge on any atom is 0.260 e. The van der Waals surface area contributed by atoms with Gasteiger partial charge >= 0.3 is 0 Å². The Morgan fingerprint density at radius 2 is 2.00 bits per heavy atom. The summed E-state index contributed by atoms with van der Waals surface area (Å²) < 4.78 is 5.96. The van der Waals surface area contributed by atoms with Gasteiger partial charge in [0, 0.05) is 17.5 Å². The molecule has 1 N–H and O–H groups in total. The van der Waals surface area contributed by atoms with Crippen LogP contribution in [0.15, 0.2) is 18.2 Å². The first-order chi connectivity index (χ1) is 11.5. The Bertz CT molecular complexity index is 538. The number of nitrogens with one attached hydrogen (secondary N) is 1. The number of amides is 1. The number of hydrogen-bond acceptors (Lipinski definition) is 3. The van der Waals surface area contributed by atoms with Gasteiger partial charge in [0.15, 0.2) is 6.10 Å². The van der Waals surface area contributed by atoms with Crippen molar-refractivity contribution >= 4 is 17.7 Å². The molecule has 0 aromatic heterocycles. The molecule has 2 rings (SSSR count). The molecule has 1 amide bonds. The maximum absolute atomic E-state index is 12.3. The molecule has 1 fully saturated rings. The third kappa shape index (κ3) is 5.73. The first-order valence-corrected chi connectivity index (χ1v) is 10.2. The fourth-order valence-electron chi connectivity index (χ4n) is 3.06. The van der Waals surface area contributed by atoms with Crippen molar-refractivity contribution in [2.75, 3.05) is 12.3 Å². The van der Waals surface area contributed by atoms with Crippen LogP contribution in [0.5, 0.6) is 5.75 Å². The van der Waals surface area contributed by atoms with E-state index in [-0.39, 0.29) is 5.91 Å². The average molecular weight is 350 g/mol. The molecular formula is C20H31NO2S. The quantitative estimate of drug-likeness (QED) is 0.693. The molecule has 0 unspecified atom stereocenters. The topological polar surface area (TPSA) is 38.3 Å². The highest BCUT2D eigenvalue weighted by Gasteiger charge is 2.18. The summed E-state index contributed by atoms with van der Waals surface area (Å²) in [5, 5.41) is 3.81. The Kier molecular flexibility index (Phi) is 7.47. The van der Waals surface area contributed by atoms with Crippen LogP contribution in [0.1, 0.15) is 63.5 Å². The molecule has 0 aliphatic heterocycles. The lowest BCUT2D eigenvalue weighted by Crippen LogP contribution is -2.37. The molecule has 134 valence electrons. The summed E-state index contributed by atoms with van der Waals surface area (Å²) in [5.74, 6) is 2.16. The lowest BCUT2D eigenvalue weighted by atomic mass is 10.0. The zero-order valence-corrected chi connectivity index (χ0v) is 16.2. The van der Waals surface area contributed by atoms with Crippen LogP contribution in [0.2, 0.25) is 0 Å². The minimum atomic E-state index is -0.471. The lowest BCUT2D eigenvalue weighted by Gasteiger charge is -2.19. The molecule has 3 nitrogen and oxygen atoms in total. The lowest BCUT2D eigenvalue weighted by molar-refractivity contribution is -0.127. The molecular weight excluding hydrogens is 318 g/mol. The normalized spacial score (nSPS) is 16.4. The van der Waals surface area contributed by atoms with E-state index in [9.17, 15) is 4.79 Å². The van der Waals surface area contributed by atoms with Crippen LogP contribution in [-0.4, -0.2) is 29.6 Å². The molecule has 1 saturated carbocycles. The molecule has 24 heavy (non-hydrogen) atoms. The van der Waals surface area contributed by atoms with Gasteiger partial charge in [-0.15, -0.1) is 0 Å². The second-order valence-electron chi connectivity index (χ2n) is 7.02. The van der Waals surface area contributed by atoms with Crippen LogP contribution < -0.4 is 10.1 Å². The Labute approximate surface area is 150 Å². The maximum atomic E-state index is 12.3. The van der Waals surface area contributed by atoms with Gasteiger partial charge in [-0.1, -0.05) is 38.8 Å². The molecule has 0 radical (unpaired) electrons. The third-order valence-corrected chi connectivity index (χ3v) is 5.90. The Morgan fingerprint density at radius 3 is 2.67 bits per heavy atom. The molecule has 1 atom stereocenters. The highest BCUT2D eigenvalue weighted by molar-refractivity contribution is 7.99. The van der Waals surface area contributed by atoms with E-state index in [0.29, 0.717) is 5.92 Å². The number of carbonyl (C=O) groups excluding carboxylic acids is 1. The standard InChI is InChI=1S/C20H31NO2S/c1-14(2)18-10-9-15(3)13-19(18)23-16(4)20(22)21-11-12-24-17-7-5-6-8-17/h9-10,13-14,16-17H,5-8,11-12H2,1-4H3,(H,21,22)/t16-/m1/s1. The van der Waals surface area contributed by atoms with E-state index in [2.05, 4.69) is 31.3 Å². The minimum absolute atomic E-state index is 0.0294. The van der Waals surface area contributed by atoms with Crippen LogP contribution >= 0.6 is 11.8 Å². The molecule has 0 spiro atoms. The number of aryl methyl sites for hydroxylation is 1. The first-order valence-electron chi connectivity index (χ1n) is 9.14. The van der Waals surface area contributed by atoms with Crippen LogP contribution in [0.25, 0.3) is 0 Å². The molecule has 0 bridgehead atoms. The minimum Gasteiger partial charge on any atom is -0.481 e. The van der Waals surface area contributed by atoms with Crippen molar-refractivity contribution in [1.82, 2.24) is 5.32 Å². The van der Waals surface area contributed by atoms with Gasteiger partial charge in [-0.25, -0.2) is 0 Å². The van der Waals surface area contributed by atoms with E-state index in [1.807, 2.05) is 31.7 Å². The van der Waals surface area contributed by atoms with Crippen molar-refractivity contribution in [3.05, 3.63) is 29.3 Å². The largest absolute Gasteiger partial charge is 0.481 e. The van der Waals surface area contributed by atoms with Crippen LogP contribution in [0.4, 0.5) is 0 Å². The van der Waals surface area contributed by atoms with Gasteiger partial charge in [0.2, 0.25) is 0 Å². The SMILES string of the molecule is Cc1ccc(C(C)C)c(O[C@H](C)C(=O)NCCSC2CCCC2)c1. The van der Waals surface area contributed by atoms with Gasteiger partial charge in [0.25, 0.3) is 5.91 Å². The van der Waals surface area contributed by atoms with Crippen molar-refractivity contribution in [3.63, 3.8) is 0 Å².